The molecule has 7 fully saturated rings. The number of rotatable bonds is 0. The Bertz CT molecular complexity index is 997. The molecular weight excluding hydrogens is 482 g/mol. The van der Waals surface area contributed by atoms with Gasteiger partial charge in [-0.2, -0.15) is 0 Å². The third-order valence-corrected chi connectivity index (χ3v) is 12.9. The van der Waals surface area contributed by atoms with Crippen LogP contribution in [-0.4, -0.2) is 118 Å². The predicted octanol–water partition coefficient (Wildman–Crippen LogP) is -1.84. The molecule has 10 heteroatoms. The molecule has 1 spiro atoms. The van der Waals surface area contributed by atoms with Crippen molar-refractivity contribution in [2.24, 2.45) is 40.9 Å². The normalized spacial score (nSPS) is 68.5. The van der Waals surface area contributed by atoms with Crippen molar-refractivity contribution in [3.05, 3.63) is 0 Å². The second-order valence-corrected chi connectivity index (χ2v) is 14.4. The number of hydrogen-bond acceptors (Lipinski definition) is 10. The van der Waals surface area contributed by atoms with E-state index in [0.29, 0.717) is 18.9 Å². The average molecular weight is 526 g/mol. The fourth-order valence-electron chi connectivity index (χ4n) is 11.4. The maximum atomic E-state index is 12.5. The first-order valence-corrected chi connectivity index (χ1v) is 14.2. The Morgan fingerprint density at radius 2 is 1.51 bits per heavy atom. The van der Waals surface area contributed by atoms with Crippen molar-refractivity contribution in [2.75, 3.05) is 13.1 Å². The number of fused-ring (bicyclic) bond motifs is 5. The number of piperidine rings is 2. The molecule has 7 rings (SSSR count). The van der Waals surface area contributed by atoms with E-state index in [2.05, 4.69) is 11.8 Å². The van der Waals surface area contributed by atoms with Crippen LogP contribution in [-0.2, 0) is 4.74 Å². The molecule has 3 saturated heterocycles. The first-order chi connectivity index (χ1) is 17.2. The molecule has 4 saturated carbocycles. The lowest BCUT2D eigenvalue weighted by molar-refractivity contribution is -0.296. The Kier molecular flexibility index (Phi) is 5.02. The Morgan fingerprint density at radius 3 is 2.22 bits per heavy atom. The second kappa shape index (κ2) is 7.26. The lowest BCUT2D eigenvalue weighted by atomic mass is 9.48. The van der Waals surface area contributed by atoms with Gasteiger partial charge in [0.05, 0.1) is 35.4 Å². The second-order valence-electron chi connectivity index (χ2n) is 14.4. The van der Waals surface area contributed by atoms with Crippen LogP contribution in [0, 0.1) is 40.9 Å². The quantitative estimate of drug-likeness (QED) is 0.179. The predicted molar refractivity (Wildman–Crippen MR) is 128 cm³/mol. The molecule has 8 N–H and O–H groups in total. The Balaban J connectivity index is 1.39. The van der Waals surface area contributed by atoms with Gasteiger partial charge in [-0.1, -0.05) is 13.8 Å². The first kappa shape index (κ1) is 25.6. The zero-order valence-corrected chi connectivity index (χ0v) is 21.8. The van der Waals surface area contributed by atoms with Crippen molar-refractivity contribution < 1.29 is 45.6 Å². The van der Waals surface area contributed by atoms with Crippen molar-refractivity contribution in [3.8, 4) is 0 Å². The SMILES string of the molecule is C[C@H]1CC[C@@H]2N(C1)C[C@@H]1[C@H](C(O)C(O)[C@]3(O)[C@H]1C[C@]14OC5(O)C(O)CC[C@@]1(C)[C@@H]5C(O)C(O)[C@@H]34)[C@]2(C)O. The van der Waals surface area contributed by atoms with E-state index in [9.17, 15) is 40.9 Å². The minimum Gasteiger partial charge on any atom is -0.390 e. The third kappa shape index (κ3) is 2.59. The molecule has 0 radical (unpaired) electrons. The summed E-state index contributed by atoms with van der Waals surface area (Å²) in [6.45, 7) is 7.08. The summed E-state index contributed by atoms with van der Waals surface area (Å²) in [5.74, 6) is -5.64. The lowest BCUT2D eigenvalue weighted by Gasteiger charge is -2.63. The van der Waals surface area contributed by atoms with Crippen LogP contribution in [0.1, 0.15) is 52.9 Å². The molecule has 10 nitrogen and oxygen atoms in total. The summed E-state index contributed by atoms with van der Waals surface area (Å²) in [5, 5.41) is 92.8. The molecule has 4 aliphatic carbocycles. The summed E-state index contributed by atoms with van der Waals surface area (Å²) in [6, 6.07) is -0.174. The highest BCUT2D eigenvalue weighted by atomic mass is 16.7. The van der Waals surface area contributed by atoms with Crippen molar-refractivity contribution >= 4 is 0 Å². The molecular formula is C27H43NO9. The highest BCUT2D eigenvalue weighted by Crippen LogP contribution is 2.76. The van der Waals surface area contributed by atoms with Crippen LogP contribution in [0.5, 0.6) is 0 Å². The molecule has 17 atom stereocenters. The van der Waals surface area contributed by atoms with Gasteiger partial charge in [-0.05, 0) is 56.8 Å². The summed E-state index contributed by atoms with van der Waals surface area (Å²) >= 11 is 0. The van der Waals surface area contributed by atoms with Gasteiger partial charge in [-0.25, -0.2) is 0 Å². The van der Waals surface area contributed by atoms with Gasteiger partial charge in [0.2, 0.25) is 0 Å². The van der Waals surface area contributed by atoms with Gasteiger partial charge >= 0.3 is 0 Å². The zero-order chi connectivity index (χ0) is 26.7. The number of ether oxygens (including phenoxy) is 1. The molecule has 6 unspecified atom stereocenters. The molecule has 4 bridgehead atoms. The molecule has 0 aromatic carbocycles. The van der Waals surface area contributed by atoms with Crippen LogP contribution in [0.4, 0.5) is 0 Å². The number of hydrogen-bond donors (Lipinski definition) is 8. The number of aliphatic hydroxyl groups excluding tert-OH is 5. The van der Waals surface area contributed by atoms with E-state index in [4.69, 9.17) is 4.74 Å². The van der Waals surface area contributed by atoms with Crippen LogP contribution < -0.4 is 0 Å². The molecule has 3 heterocycles. The number of nitrogens with zero attached hydrogens (tertiary/aromatic N) is 1. The van der Waals surface area contributed by atoms with E-state index in [-0.39, 0.29) is 18.9 Å². The minimum atomic E-state index is -2.10. The topological polar surface area (TPSA) is 174 Å². The maximum Gasteiger partial charge on any atom is 0.198 e. The Labute approximate surface area is 216 Å². The first-order valence-electron chi connectivity index (χ1n) is 14.2. The van der Waals surface area contributed by atoms with Gasteiger partial charge < -0.3 is 45.6 Å². The average Bonchev–Trinajstić information content (AvgIpc) is 3.13. The van der Waals surface area contributed by atoms with Crippen LogP contribution in [0.25, 0.3) is 0 Å². The fourth-order valence-corrected chi connectivity index (χ4v) is 11.4. The highest BCUT2D eigenvalue weighted by Gasteiger charge is 2.88. The van der Waals surface area contributed by atoms with Crippen LogP contribution in [0.3, 0.4) is 0 Å². The van der Waals surface area contributed by atoms with E-state index in [1.165, 1.54) is 0 Å². The van der Waals surface area contributed by atoms with E-state index in [0.717, 1.165) is 19.4 Å². The van der Waals surface area contributed by atoms with Gasteiger partial charge in [0.25, 0.3) is 0 Å². The standard InChI is InChI=1S/C27H43NO9/c1-11-4-5-14-24(3,34)16-12(10-28(14)9-11)13-8-25-21(26(13,35)22(33)17(16)30)19(32)18(31)20-23(25,2)7-6-15(29)27(20,36)37-25/h11-22,29-36H,4-10H2,1-3H3/t11-,12-,13-,14-,15?,16+,17?,18?,19?,20-,21+,22?,23-,24+,25+,26-,27?/m0/s1. The van der Waals surface area contributed by atoms with Crippen molar-refractivity contribution in [1.82, 2.24) is 4.90 Å². The van der Waals surface area contributed by atoms with Crippen LogP contribution in [0.15, 0.2) is 0 Å². The fraction of sp³-hybridized carbons (Fsp3) is 1.00. The van der Waals surface area contributed by atoms with E-state index < -0.39 is 88.1 Å². The van der Waals surface area contributed by atoms with Gasteiger partial charge in [-0.15, -0.1) is 0 Å². The largest absolute Gasteiger partial charge is 0.390 e. The van der Waals surface area contributed by atoms with Crippen LogP contribution in [0.2, 0.25) is 0 Å². The monoisotopic (exact) mass is 525 g/mol. The Morgan fingerprint density at radius 1 is 0.838 bits per heavy atom. The van der Waals surface area contributed by atoms with E-state index in [1.807, 2.05) is 6.92 Å². The van der Waals surface area contributed by atoms with Gasteiger partial charge in [0.1, 0.15) is 17.8 Å². The highest BCUT2D eigenvalue weighted by molar-refractivity contribution is 5.34. The Hall–Kier alpha value is -0.400. The van der Waals surface area contributed by atoms with Crippen molar-refractivity contribution in [3.63, 3.8) is 0 Å². The third-order valence-electron chi connectivity index (χ3n) is 12.9. The van der Waals surface area contributed by atoms with Gasteiger partial charge in [-0.3, -0.25) is 4.90 Å². The van der Waals surface area contributed by atoms with E-state index in [1.54, 1.807) is 6.92 Å². The summed E-state index contributed by atoms with van der Waals surface area (Å²) in [6.07, 6.45) is -4.91. The molecule has 0 aromatic heterocycles. The maximum absolute atomic E-state index is 12.5. The minimum absolute atomic E-state index is 0.174. The molecule has 0 aromatic rings. The lowest BCUT2D eigenvalue weighted by Crippen LogP contribution is -2.77. The number of aliphatic hydroxyl groups is 8. The van der Waals surface area contributed by atoms with Crippen molar-refractivity contribution in [2.45, 2.75) is 112 Å². The summed E-state index contributed by atoms with van der Waals surface area (Å²) < 4.78 is 6.42. The zero-order valence-electron chi connectivity index (χ0n) is 21.8. The molecule has 37 heavy (non-hydrogen) atoms. The van der Waals surface area contributed by atoms with Gasteiger partial charge in [0.15, 0.2) is 5.79 Å². The summed E-state index contributed by atoms with van der Waals surface area (Å²) in [7, 11) is 0. The van der Waals surface area contributed by atoms with Crippen LogP contribution >= 0.6 is 0 Å². The van der Waals surface area contributed by atoms with Crippen molar-refractivity contribution in [1.29, 1.82) is 0 Å². The van der Waals surface area contributed by atoms with Gasteiger partial charge in [0, 0.05) is 36.4 Å². The molecule has 210 valence electrons. The summed E-state index contributed by atoms with van der Waals surface area (Å²) in [4.78, 5) is 2.25. The summed E-state index contributed by atoms with van der Waals surface area (Å²) in [5.41, 5.74) is -5.58. The molecule has 0 amide bonds. The molecule has 7 aliphatic rings. The molecule has 3 aliphatic heterocycles. The smallest absolute Gasteiger partial charge is 0.198 e. The van der Waals surface area contributed by atoms with E-state index >= 15 is 0 Å².